The summed E-state index contributed by atoms with van der Waals surface area (Å²) in [5.74, 6) is 1.34. The molecule has 0 amide bonds. The van der Waals surface area contributed by atoms with E-state index in [9.17, 15) is 51.8 Å². The van der Waals surface area contributed by atoms with Crippen LogP contribution in [-0.4, -0.2) is 21.8 Å². The van der Waals surface area contributed by atoms with E-state index in [4.69, 9.17) is 0 Å². The molecule has 0 N–H and O–H groups in total. The van der Waals surface area contributed by atoms with Gasteiger partial charge < -0.3 is 51.8 Å². The molecule has 0 bridgehead atoms. The summed E-state index contributed by atoms with van der Waals surface area (Å²) in [6, 6.07) is 0. The average molecular weight is 531 g/mol. The Morgan fingerprint density at radius 1 is 0.562 bits per heavy atom. The molecule has 0 fully saturated rings. The van der Waals surface area contributed by atoms with Crippen LogP contribution in [0.15, 0.2) is 44.4 Å². The summed E-state index contributed by atoms with van der Waals surface area (Å²) in [6.07, 6.45) is 11.6. The molecule has 2 rings (SSSR count). The maximum Gasteiger partial charge on any atom is 0.673 e. The number of allylic oxidation sites excluding steroid dienone is 8. The van der Waals surface area contributed by atoms with Crippen molar-refractivity contribution in [1.82, 2.24) is 0 Å². The first kappa shape index (κ1) is 33.0. The van der Waals surface area contributed by atoms with E-state index in [0.717, 1.165) is 0 Å². The van der Waals surface area contributed by atoms with Crippen LogP contribution >= 0.6 is 0 Å². The molecule has 0 unspecified atom stereocenters. The first-order valence-electron chi connectivity index (χ1n) is 9.13. The van der Waals surface area contributed by atoms with Gasteiger partial charge in [0.15, 0.2) is 0 Å². The van der Waals surface area contributed by atoms with Crippen molar-refractivity contribution in [2.24, 2.45) is 11.8 Å². The van der Waals surface area contributed by atoms with E-state index in [1.807, 2.05) is 0 Å². The van der Waals surface area contributed by atoms with E-state index in [0.29, 0.717) is 11.8 Å². The van der Waals surface area contributed by atoms with Crippen LogP contribution < -0.4 is 0 Å². The van der Waals surface area contributed by atoms with Crippen LogP contribution in [-0.2, 0) is 15.0 Å². The molecule has 0 aromatic rings. The van der Waals surface area contributed by atoms with E-state index in [1.54, 1.807) is 20.1 Å². The zero-order valence-corrected chi connectivity index (χ0v) is 18.6. The smallest absolute Gasteiger partial charge is 0.418 e. The Labute approximate surface area is 185 Å². The third-order valence-electron chi connectivity index (χ3n) is 3.25. The van der Waals surface area contributed by atoms with Gasteiger partial charge in [-0.1, -0.05) is 0 Å². The Kier molecular flexibility index (Phi) is 14.6. The molecule has 2 aliphatic rings. The zero-order valence-electron chi connectivity index (χ0n) is 17.5. The number of halogens is 12. The molecule has 0 aromatic heterocycles. The summed E-state index contributed by atoms with van der Waals surface area (Å²) < 4.78 is 120. The van der Waals surface area contributed by atoms with Gasteiger partial charge in [-0.25, -0.2) is 0 Å². The summed E-state index contributed by atoms with van der Waals surface area (Å²) in [5, 5.41) is 0. The second-order valence-electron chi connectivity index (χ2n) is 6.79. The summed E-state index contributed by atoms with van der Waals surface area (Å²) in [7, 11) is -18.0. The second kappa shape index (κ2) is 14.2. The van der Waals surface area contributed by atoms with Gasteiger partial charge >= 0.3 is 133 Å². The molecule has 0 heterocycles. The van der Waals surface area contributed by atoms with Gasteiger partial charge in [0.1, 0.15) is 0 Å². The summed E-state index contributed by atoms with van der Waals surface area (Å²) in [6.45, 7) is 9.20. The molecule has 32 heavy (non-hydrogen) atoms. The van der Waals surface area contributed by atoms with Crippen molar-refractivity contribution in [2.75, 3.05) is 0 Å². The molecule has 0 atom stereocenters. The van der Waals surface area contributed by atoms with Crippen LogP contribution in [0.25, 0.3) is 0 Å². The van der Waals surface area contributed by atoms with Crippen molar-refractivity contribution in [1.29, 1.82) is 0 Å². The molecule has 16 heteroatoms. The molecule has 0 spiro atoms. The molecule has 0 aromatic carbocycles. The van der Waals surface area contributed by atoms with Gasteiger partial charge in [0, 0.05) is 0 Å². The molecule has 0 aliphatic heterocycles. The molecular formula is C16H22B3F12Fe. The standard InChI is InChI=1S/2C8H11.3BF4.Fe/c2*1-7(2)8-5-3-4-6-8;3*2-1(3,4)5;/h2*3,5,7H,4H2,1-2H3;;;;/q;;3*-1;+3. The minimum atomic E-state index is -6.00. The summed E-state index contributed by atoms with van der Waals surface area (Å²) in [4.78, 5) is 0. The largest absolute Gasteiger partial charge is 0.673 e. The Hall–Kier alpha value is -1.17. The van der Waals surface area contributed by atoms with E-state index in [1.165, 1.54) is 27.8 Å². The van der Waals surface area contributed by atoms with Crippen LogP contribution in [0.2, 0.25) is 0 Å². The van der Waals surface area contributed by atoms with Gasteiger partial charge in [-0.05, 0) is 0 Å². The molecular weight excluding hydrogens is 508 g/mol. The predicted molar refractivity (Wildman–Crippen MR) is 102 cm³/mol. The van der Waals surface area contributed by atoms with E-state index >= 15 is 0 Å². The third kappa shape index (κ3) is 23.5. The zero-order chi connectivity index (χ0) is 25.9. The molecule has 0 radical (unpaired) electrons. The molecule has 2 aliphatic carbocycles. The fraction of sp³-hybridized carbons (Fsp3) is 0.500. The average Bonchev–Trinajstić information content (AvgIpc) is 3.11. The van der Waals surface area contributed by atoms with Crippen LogP contribution in [0, 0.1) is 11.8 Å². The van der Waals surface area contributed by atoms with E-state index in [-0.39, 0.29) is 0 Å². The van der Waals surface area contributed by atoms with Gasteiger partial charge in [0.2, 0.25) is 0 Å². The van der Waals surface area contributed by atoms with Gasteiger partial charge in [0.05, 0.1) is 0 Å². The summed E-state index contributed by atoms with van der Waals surface area (Å²) >= 11 is 1.20. The SMILES string of the molecule is CC(C)C1=[C]([Fe+3][C]2=C(C(C)C)C=CC2)CC=C1.F[B-](F)(F)F.F[B-](F)(F)F.F[B-](F)(F)F. The first-order chi connectivity index (χ1) is 14.1. The predicted octanol–water partition coefficient (Wildman–Crippen LogP) is 8.71. The van der Waals surface area contributed by atoms with Crippen molar-refractivity contribution < 1.29 is 66.7 Å². The van der Waals surface area contributed by atoms with Gasteiger partial charge in [0.25, 0.3) is 0 Å². The third-order valence-corrected chi connectivity index (χ3v) is 5.00. The van der Waals surface area contributed by atoms with Crippen molar-refractivity contribution in [3.63, 3.8) is 0 Å². The Morgan fingerprint density at radius 2 is 0.781 bits per heavy atom. The van der Waals surface area contributed by atoms with Gasteiger partial charge in [-0.2, -0.15) is 0 Å². The molecule has 187 valence electrons. The Balaban J connectivity index is 0. The van der Waals surface area contributed by atoms with Crippen LogP contribution in [0.5, 0.6) is 0 Å². The maximum atomic E-state index is 9.75. The normalized spacial score (nSPS) is 15.9. The second-order valence-corrected chi connectivity index (χ2v) is 8.40. The van der Waals surface area contributed by atoms with Crippen molar-refractivity contribution >= 4 is 21.8 Å². The minimum absolute atomic E-state index is 0.668. The Morgan fingerprint density at radius 3 is 0.969 bits per heavy atom. The molecule has 0 saturated heterocycles. The van der Waals surface area contributed by atoms with Crippen molar-refractivity contribution in [3.8, 4) is 0 Å². The number of rotatable bonds is 4. The number of hydrogen-bond donors (Lipinski definition) is 0. The monoisotopic (exact) mass is 531 g/mol. The topological polar surface area (TPSA) is 0 Å². The van der Waals surface area contributed by atoms with Crippen LogP contribution in [0.1, 0.15) is 40.5 Å². The quantitative estimate of drug-likeness (QED) is 0.252. The maximum absolute atomic E-state index is 9.75. The number of hydrogen-bond acceptors (Lipinski definition) is 0. The van der Waals surface area contributed by atoms with E-state index < -0.39 is 21.8 Å². The fourth-order valence-corrected chi connectivity index (χ4v) is 4.31. The minimum Gasteiger partial charge on any atom is -0.418 e. The van der Waals surface area contributed by atoms with Crippen molar-refractivity contribution in [3.05, 3.63) is 44.4 Å². The van der Waals surface area contributed by atoms with Gasteiger partial charge in [-0.3, -0.25) is 0 Å². The van der Waals surface area contributed by atoms with Crippen LogP contribution in [0.4, 0.5) is 51.8 Å². The van der Waals surface area contributed by atoms with Gasteiger partial charge in [-0.15, -0.1) is 0 Å². The van der Waals surface area contributed by atoms with Crippen LogP contribution in [0.3, 0.4) is 0 Å². The molecule has 0 saturated carbocycles. The Bertz CT molecular complexity index is 599. The van der Waals surface area contributed by atoms with E-state index in [2.05, 4.69) is 52.0 Å². The van der Waals surface area contributed by atoms with Crippen molar-refractivity contribution in [2.45, 2.75) is 40.5 Å². The fourth-order valence-electron chi connectivity index (χ4n) is 2.29. The first-order valence-corrected chi connectivity index (χ1v) is 10.2. The molecule has 0 nitrogen and oxygen atoms in total. The summed E-state index contributed by atoms with van der Waals surface area (Å²) in [5.41, 5.74) is 3.15.